The molecule has 0 unspecified atom stereocenters. The van der Waals surface area contributed by atoms with Crippen molar-refractivity contribution < 1.29 is 22.9 Å². The molecular formula is C18H12F3NO3. The van der Waals surface area contributed by atoms with E-state index >= 15 is 0 Å². The molecule has 2 aromatic rings. The number of para-hydroxylation sites is 1. The molecule has 0 aromatic heterocycles. The topological polar surface area (TPSA) is 60.2 Å². The summed E-state index contributed by atoms with van der Waals surface area (Å²) in [5.74, 6) is -0.599. The molecule has 0 aliphatic rings. The lowest BCUT2D eigenvalue weighted by Gasteiger charge is -2.06. The highest BCUT2D eigenvalue weighted by Gasteiger charge is 2.30. The molecule has 0 atom stereocenters. The van der Waals surface area contributed by atoms with Crippen molar-refractivity contribution in [3.63, 3.8) is 0 Å². The Morgan fingerprint density at radius 2 is 1.76 bits per heavy atom. The molecule has 2 aromatic carbocycles. The van der Waals surface area contributed by atoms with Gasteiger partial charge in [0.15, 0.2) is 5.78 Å². The number of hydrogen-bond acceptors (Lipinski definition) is 3. The van der Waals surface area contributed by atoms with Crippen molar-refractivity contribution in [1.29, 1.82) is 0 Å². The predicted octanol–water partition coefficient (Wildman–Crippen LogP) is 5.07. The smallest absolute Gasteiger partial charge is 0.289 e. The minimum Gasteiger partial charge on any atom is -0.289 e. The van der Waals surface area contributed by atoms with Crippen molar-refractivity contribution in [2.45, 2.75) is 6.18 Å². The Kier molecular flexibility index (Phi) is 5.49. The maximum absolute atomic E-state index is 12.6. The Morgan fingerprint density at radius 3 is 2.44 bits per heavy atom. The minimum absolute atomic E-state index is 0.0867. The van der Waals surface area contributed by atoms with Gasteiger partial charge in [-0.1, -0.05) is 36.4 Å². The van der Waals surface area contributed by atoms with Crippen LogP contribution in [0.4, 0.5) is 18.9 Å². The number of carbonyl (C=O) groups is 1. The number of nitro groups is 1. The number of nitro benzene ring substituents is 1. The normalized spacial score (nSPS) is 12.0. The summed E-state index contributed by atoms with van der Waals surface area (Å²) in [5.41, 5.74) is -0.729. The van der Waals surface area contributed by atoms with Crippen molar-refractivity contribution in [3.05, 3.63) is 93.6 Å². The first-order chi connectivity index (χ1) is 11.8. The molecule has 4 nitrogen and oxygen atoms in total. The van der Waals surface area contributed by atoms with Crippen molar-refractivity contribution in [1.82, 2.24) is 0 Å². The molecule has 0 fully saturated rings. The molecule has 0 spiro atoms. The molecule has 0 aliphatic heterocycles. The van der Waals surface area contributed by atoms with Gasteiger partial charge < -0.3 is 0 Å². The Balaban J connectivity index is 2.13. The lowest BCUT2D eigenvalue weighted by molar-refractivity contribution is -0.385. The standard InChI is InChI=1S/C18H12F3NO3/c19-18(20,21)15-9-5-8-14(12-15)17(23)11-4-2-7-13-6-1-3-10-16(13)22(24)25/h1-12H/b7-2+,11-4+. The average molecular weight is 347 g/mol. The van der Waals surface area contributed by atoms with Crippen LogP contribution in [0.3, 0.4) is 0 Å². The lowest BCUT2D eigenvalue weighted by atomic mass is 10.1. The summed E-state index contributed by atoms with van der Waals surface area (Å²) in [6, 6.07) is 10.1. The Hall–Kier alpha value is -3.22. The molecule has 2 rings (SSSR count). The van der Waals surface area contributed by atoms with E-state index in [0.717, 1.165) is 24.3 Å². The monoisotopic (exact) mass is 347 g/mol. The van der Waals surface area contributed by atoms with Gasteiger partial charge in [-0.2, -0.15) is 13.2 Å². The quantitative estimate of drug-likeness (QED) is 0.249. The molecular weight excluding hydrogens is 335 g/mol. The first kappa shape index (κ1) is 18.1. The van der Waals surface area contributed by atoms with Crippen molar-refractivity contribution in [2.24, 2.45) is 0 Å². The van der Waals surface area contributed by atoms with Crippen LogP contribution >= 0.6 is 0 Å². The van der Waals surface area contributed by atoms with Crippen LogP contribution in [0.5, 0.6) is 0 Å². The van der Waals surface area contributed by atoms with Gasteiger partial charge in [0.1, 0.15) is 0 Å². The molecule has 7 heteroatoms. The van der Waals surface area contributed by atoms with E-state index in [-0.39, 0.29) is 11.3 Å². The second-order valence-electron chi connectivity index (χ2n) is 4.98. The number of benzene rings is 2. The van der Waals surface area contributed by atoms with Gasteiger partial charge in [0.2, 0.25) is 0 Å². The van der Waals surface area contributed by atoms with Crippen LogP contribution < -0.4 is 0 Å². The molecule has 0 N–H and O–H groups in total. The molecule has 0 bridgehead atoms. The van der Waals surface area contributed by atoms with Gasteiger partial charge in [-0.15, -0.1) is 0 Å². The number of halogens is 3. The number of allylic oxidation sites excluding steroid dienone is 3. The van der Waals surface area contributed by atoms with Crippen molar-refractivity contribution in [3.8, 4) is 0 Å². The third-order valence-corrected chi connectivity index (χ3v) is 3.24. The Labute approximate surface area is 141 Å². The number of ketones is 1. The molecule has 0 aliphatic carbocycles. The zero-order valence-electron chi connectivity index (χ0n) is 12.7. The summed E-state index contributed by atoms with van der Waals surface area (Å²) >= 11 is 0. The second-order valence-corrected chi connectivity index (χ2v) is 4.98. The van der Waals surface area contributed by atoms with Crippen LogP contribution in [0, 0.1) is 10.1 Å². The van der Waals surface area contributed by atoms with E-state index in [1.165, 1.54) is 42.5 Å². The van der Waals surface area contributed by atoms with E-state index in [2.05, 4.69) is 0 Å². The van der Waals surface area contributed by atoms with Gasteiger partial charge in [0.05, 0.1) is 16.1 Å². The summed E-state index contributed by atoms with van der Waals surface area (Å²) in [6.07, 6.45) is 0.744. The molecule has 0 amide bonds. The molecule has 0 heterocycles. The first-order valence-corrected chi connectivity index (χ1v) is 7.09. The molecule has 0 saturated carbocycles. The maximum Gasteiger partial charge on any atom is 0.416 e. The van der Waals surface area contributed by atoms with Crippen LogP contribution in [-0.2, 0) is 6.18 Å². The third kappa shape index (κ3) is 4.87. The Bertz CT molecular complexity index is 855. The number of nitrogens with zero attached hydrogens (tertiary/aromatic N) is 1. The average Bonchev–Trinajstić information content (AvgIpc) is 2.58. The maximum atomic E-state index is 12.6. The zero-order chi connectivity index (χ0) is 18.4. The number of alkyl halides is 3. The Morgan fingerprint density at radius 1 is 1.04 bits per heavy atom. The van der Waals surface area contributed by atoms with Crippen LogP contribution in [0.25, 0.3) is 6.08 Å². The summed E-state index contributed by atoms with van der Waals surface area (Å²) in [7, 11) is 0. The summed E-state index contributed by atoms with van der Waals surface area (Å²) in [6.45, 7) is 0. The van der Waals surface area contributed by atoms with E-state index in [4.69, 9.17) is 0 Å². The summed E-state index contributed by atoms with van der Waals surface area (Å²) in [5, 5.41) is 10.9. The van der Waals surface area contributed by atoms with Gasteiger partial charge in [-0.25, -0.2) is 0 Å². The van der Waals surface area contributed by atoms with Crippen LogP contribution in [-0.4, -0.2) is 10.7 Å². The van der Waals surface area contributed by atoms with Crippen molar-refractivity contribution in [2.75, 3.05) is 0 Å². The van der Waals surface area contributed by atoms with Crippen LogP contribution in [0.15, 0.2) is 66.8 Å². The van der Waals surface area contributed by atoms with E-state index < -0.39 is 22.4 Å². The van der Waals surface area contributed by atoms with E-state index in [1.54, 1.807) is 6.07 Å². The molecule has 128 valence electrons. The van der Waals surface area contributed by atoms with Gasteiger partial charge in [0, 0.05) is 11.6 Å². The second kappa shape index (κ2) is 7.57. The first-order valence-electron chi connectivity index (χ1n) is 7.09. The van der Waals surface area contributed by atoms with Gasteiger partial charge in [-0.05, 0) is 30.4 Å². The summed E-state index contributed by atoms with van der Waals surface area (Å²) in [4.78, 5) is 22.3. The van der Waals surface area contributed by atoms with Gasteiger partial charge in [0.25, 0.3) is 5.69 Å². The predicted molar refractivity (Wildman–Crippen MR) is 87.0 cm³/mol. The number of carbonyl (C=O) groups excluding carboxylic acids is 1. The zero-order valence-corrected chi connectivity index (χ0v) is 12.7. The number of hydrogen-bond donors (Lipinski definition) is 0. The van der Waals surface area contributed by atoms with E-state index in [0.29, 0.717) is 5.56 Å². The highest BCUT2D eigenvalue weighted by atomic mass is 19.4. The fourth-order valence-electron chi connectivity index (χ4n) is 2.04. The van der Waals surface area contributed by atoms with Gasteiger partial charge in [-0.3, -0.25) is 14.9 Å². The lowest BCUT2D eigenvalue weighted by Crippen LogP contribution is -2.06. The molecule has 0 radical (unpaired) electrons. The third-order valence-electron chi connectivity index (χ3n) is 3.24. The minimum atomic E-state index is -4.52. The molecule has 0 saturated heterocycles. The van der Waals surface area contributed by atoms with E-state index in [9.17, 15) is 28.1 Å². The highest BCUT2D eigenvalue weighted by molar-refractivity contribution is 6.04. The van der Waals surface area contributed by atoms with Crippen molar-refractivity contribution >= 4 is 17.5 Å². The fraction of sp³-hybridized carbons (Fsp3) is 0.0556. The van der Waals surface area contributed by atoms with Crippen LogP contribution in [0.1, 0.15) is 21.5 Å². The molecule has 25 heavy (non-hydrogen) atoms. The fourth-order valence-corrected chi connectivity index (χ4v) is 2.04. The highest BCUT2D eigenvalue weighted by Crippen LogP contribution is 2.29. The van der Waals surface area contributed by atoms with E-state index in [1.807, 2.05) is 0 Å². The van der Waals surface area contributed by atoms with Gasteiger partial charge >= 0.3 is 6.18 Å². The largest absolute Gasteiger partial charge is 0.416 e. The SMILES string of the molecule is O=C(/C=C/C=C/c1ccccc1[N+](=O)[O-])c1cccc(C(F)(F)F)c1. The number of rotatable bonds is 5. The van der Waals surface area contributed by atoms with Crippen LogP contribution in [0.2, 0.25) is 0 Å². The summed E-state index contributed by atoms with van der Waals surface area (Å²) < 4.78 is 37.9.